The van der Waals surface area contributed by atoms with E-state index in [-0.39, 0.29) is 36.4 Å². The monoisotopic (exact) mass is 568 g/mol. The maximum Gasteiger partial charge on any atom is 0.246 e. The van der Waals surface area contributed by atoms with Crippen molar-refractivity contribution in [1.82, 2.24) is 20.0 Å². The number of nitrogens with zero attached hydrogens (tertiary/aromatic N) is 4. The molecule has 1 aromatic heterocycles. The Hall–Kier alpha value is -1.75. The number of amides is 1. The summed E-state index contributed by atoms with van der Waals surface area (Å²) in [5.41, 5.74) is 1.90. The minimum Gasteiger partial charge on any atom is -0.352 e. The third kappa shape index (κ3) is 6.63. The first-order chi connectivity index (χ1) is 15.2. The van der Waals surface area contributed by atoms with Gasteiger partial charge < -0.3 is 15.5 Å². The van der Waals surface area contributed by atoms with Crippen LogP contribution in [-0.2, 0) is 17.9 Å². The Kier molecular flexibility index (Phi) is 9.27. The highest BCUT2D eigenvalue weighted by Crippen LogP contribution is 2.42. The topological polar surface area (TPSA) is 74.5 Å². The number of thioether (sulfide) groups is 1. The van der Waals surface area contributed by atoms with Gasteiger partial charge in [0.1, 0.15) is 6.54 Å². The van der Waals surface area contributed by atoms with Gasteiger partial charge in [0.25, 0.3) is 0 Å². The van der Waals surface area contributed by atoms with Gasteiger partial charge in [-0.15, -0.1) is 24.0 Å². The quantitative estimate of drug-likeness (QED) is 0.325. The highest BCUT2D eigenvalue weighted by atomic mass is 127. The Bertz CT molecular complexity index is 892. The van der Waals surface area contributed by atoms with Crippen LogP contribution in [0.4, 0.5) is 5.69 Å². The number of benzene rings is 1. The number of guanidine groups is 1. The summed E-state index contributed by atoms with van der Waals surface area (Å²) in [5, 5.41) is 10.6. The summed E-state index contributed by atoms with van der Waals surface area (Å²) in [7, 11) is 1.86. The van der Waals surface area contributed by atoms with Gasteiger partial charge in [0.15, 0.2) is 5.96 Å². The fraction of sp³-hybridized carbons (Fsp3) is 0.522. The molecular formula is C23H33IN6OS. The Labute approximate surface area is 211 Å². The summed E-state index contributed by atoms with van der Waals surface area (Å²) < 4.78 is 2.02. The second-order valence-electron chi connectivity index (χ2n) is 8.37. The molecule has 1 amide bonds. The molecule has 0 unspecified atom stereocenters. The molecule has 9 heteroatoms. The smallest absolute Gasteiger partial charge is 0.246 e. The van der Waals surface area contributed by atoms with Crippen molar-refractivity contribution >= 4 is 53.3 Å². The van der Waals surface area contributed by atoms with Crippen molar-refractivity contribution in [3.8, 4) is 0 Å². The van der Waals surface area contributed by atoms with Crippen LogP contribution in [0.15, 0.2) is 47.7 Å². The van der Waals surface area contributed by atoms with Crippen molar-refractivity contribution < 1.29 is 4.79 Å². The number of rotatable bonds is 5. The number of carbonyl (C=O) groups is 1. The average Bonchev–Trinajstić information content (AvgIpc) is 3.28. The van der Waals surface area contributed by atoms with Gasteiger partial charge in [-0.25, -0.2) is 0 Å². The van der Waals surface area contributed by atoms with Crippen LogP contribution in [0, 0.1) is 0 Å². The zero-order chi connectivity index (χ0) is 21.5. The summed E-state index contributed by atoms with van der Waals surface area (Å²) in [6.07, 6.45) is 10.2. The van der Waals surface area contributed by atoms with Gasteiger partial charge in [0, 0.05) is 55.3 Å². The lowest BCUT2D eigenvalue weighted by Crippen LogP contribution is -2.53. The molecule has 32 heavy (non-hydrogen) atoms. The molecule has 7 nitrogen and oxygen atoms in total. The third-order valence-corrected chi connectivity index (χ3v) is 7.59. The number of carbonyl (C=O) groups excluding carboxylic acids is 1. The summed E-state index contributed by atoms with van der Waals surface area (Å²) >= 11 is 2.17. The highest BCUT2D eigenvalue weighted by Gasteiger charge is 2.38. The van der Waals surface area contributed by atoms with E-state index in [1.54, 1.807) is 17.1 Å². The van der Waals surface area contributed by atoms with Crippen LogP contribution in [0.3, 0.4) is 0 Å². The lowest BCUT2D eigenvalue weighted by Gasteiger charge is -2.45. The second kappa shape index (κ2) is 11.9. The van der Waals surface area contributed by atoms with Crippen LogP contribution in [0.5, 0.6) is 0 Å². The summed E-state index contributed by atoms with van der Waals surface area (Å²) in [6.45, 7) is 3.00. The molecule has 2 aliphatic rings. The molecule has 1 aliphatic carbocycles. The molecule has 1 saturated heterocycles. The predicted octanol–water partition coefficient (Wildman–Crippen LogP) is 3.97. The van der Waals surface area contributed by atoms with Crippen LogP contribution >= 0.6 is 35.7 Å². The maximum atomic E-state index is 12.2. The van der Waals surface area contributed by atoms with E-state index in [4.69, 9.17) is 0 Å². The van der Waals surface area contributed by atoms with Gasteiger partial charge in [-0.05, 0) is 36.6 Å². The standard InChI is InChI=1S/C23H32N6OS.HI/c1-24-22(28-13-14-31-23(18-28)9-3-2-4-10-23)25-16-19-7-5-8-20(15-19)27-21(30)17-29-12-6-11-26-29;/h5-8,11-12,15H,2-4,9-10,13-14,16-18H2,1H3,(H,24,25)(H,27,30);1H. The highest BCUT2D eigenvalue weighted by molar-refractivity contribution is 14.0. The van der Waals surface area contributed by atoms with E-state index in [1.165, 1.54) is 37.9 Å². The fourth-order valence-electron chi connectivity index (χ4n) is 4.54. The number of halogens is 1. The van der Waals surface area contributed by atoms with Crippen molar-refractivity contribution in [1.29, 1.82) is 0 Å². The number of anilines is 1. The zero-order valence-corrected chi connectivity index (χ0v) is 21.8. The van der Waals surface area contributed by atoms with Crippen LogP contribution in [0.1, 0.15) is 37.7 Å². The van der Waals surface area contributed by atoms with Gasteiger partial charge in [0.05, 0.1) is 0 Å². The Morgan fingerprint density at radius 3 is 2.84 bits per heavy atom. The van der Waals surface area contributed by atoms with Crippen molar-refractivity contribution in [3.63, 3.8) is 0 Å². The molecule has 0 atom stereocenters. The zero-order valence-electron chi connectivity index (χ0n) is 18.6. The van der Waals surface area contributed by atoms with Crippen LogP contribution < -0.4 is 10.6 Å². The average molecular weight is 569 g/mol. The van der Waals surface area contributed by atoms with E-state index in [2.05, 4.69) is 43.5 Å². The van der Waals surface area contributed by atoms with Crippen LogP contribution in [0.25, 0.3) is 0 Å². The molecule has 2 aromatic rings. The number of nitrogens with one attached hydrogen (secondary N) is 2. The first kappa shape index (κ1) is 24.9. The molecule has 4 rings (SSSR count). The van der Waals surface area contributed by atoms with Gasteiger partial charge in [0.2, 0.25) is 5.91 Å². The predicted molar refractivity (Wildman–Crippen MR) is 143 cm³/mol. The van der Waals surface area contributed by atoms with Crippen molar-refractivity contribution in [3.05, 3.63) is 48.3 Å². The Balaban J connectivity index is 0.00000289. The molecule has 0 bridgehead atoms. The number of hydrogen-bond acceptors (Lipinski definition) is 4. The molecule has 1 aromatic carbocycles. The van der Waals surface area contributed by atoms with E-state index in [1.807, 2.05) is 31.3 Å². The lowest BCUT2D eigenvalue weighted by atomic mass is 9.87. The third-order valence-electron chi connectivity index (χ3n) is 6.05. The molecule has 1 saturated carbocycles. The molecule has 1 aliphatic heterocycles. The first-order valence-electron chi connectivity index (χ1n) is 11.1. The summed E-state index contributed by atoms with van der Waals surface area (Å²) in [6, 6.07) is 9.77. The van der Waals surface area contributed by atoms with E-state index >= 15 is 0 Å². The fourth-order valence-corrected chi connectivity index (χ4v) is 6.11. The maximum absolute atomic E-state index is 12.2. The van der Waals surface area contributed by atoms with E-state index in [0.29, 0.717) is 11.3 Å². The van der Waals surface area contributed by atoms with Crippen molar-refractivity contribution in [2.45, 2.75) is 49.9 Å². The lowest BCUT2D eigenvalue weighted by molar-refractivity contribution is -0.116. The minimum absolute atomic E-state index is 0. The normalized spacial score (nSPS) is 18.2. The van der Waals surface area contributed by atoms with E-state index < -0.39 is 0 Å². The second-order valence-corrected chi connectivity index (χ2v) is 9.93. The van der Waals surface area contributed by atoms with Gasteiger partial charge in [-0.1, -0.05) is 31.4 Å². The number of aliphatic imine (C=N–C) groups is 1. The Morgan fingerprint density at radius 1 is 1.25 bits per heavy atom. The SMILES string of the molecule is CN=C(NCc1cccc(NC(=O)Cn2cccn2)c1)N1CCSC2(CCCCC2)C1.I. The number of aromatic nitrogens is 2. The van der Waals surface area contributed by atoms with Crippen LogP contribution in [0.2, 0.25) is 0 Å². The van der Waals surface area contributed by atoms with Gasteiger partial charge >= 0.3 is 0 Å². The van der Waals surface area contributed by atoms with E-state index in [9.17, 15) is 4.79 Å². The largest absolute Gasteiger partial charge is 0.352 e. The van der Waals surface area contributed by atoms with Crippen molar-refractivity contribution in [2.24, 2.45) is 4.99 Å². The minimum atomic E-state index is -0.0896. The summed E-state index contributed by atoms with van der Waals surface area (Å²) in [4.78, 5) is 19.2. The first-order valence-corrected chi connectivity index (χ1v) is 12.1. The molecule has 2 heterocycles. The number of hydrogen-bond donors (Lipinski definition) is 2. The van der Waals surface area contributed by atoms with Crippen molar-refractivity contribution in [2.75, 3.05) is 31.2 Å². The Morgan fingerprint density at radius 2 is 2.09 bits per heavy atom. The van der Waals surface area contributed by atoms with E-state index in [0.717, 1.165) is 30.3 Å². The molecule has 0 radical (unpaired) electrons. The molecule has 1 spiro atoms. The molecular weight excluding hydrogens is 535 g/mol. The molecule has 2 N–H and O–H groups in total. The molecule has 174 valence electrons. The van der Waals surface area contributed by atoms with Crippen LogP contribution in [-0.4, -0.2) is 57.2 Å². The summed E-state index contributed by atoms with van der Waals surface area (Å²) in [5.74, 6) is 2.05. The van der Waals surface area contributed by atoms with Gasteiger partial charge in [-0.3, -0.25) is 14.5 Å². The molecule has 2 fully saturated rings. The van der Waals surface area contributed by atoms with Gasteiger partial charge in [-0.2, -0.15) is 16.9 Å².